The number of hydrogen-bond donors (Lipinski definition) is 1. The van der Waals surface area contributed by atoms with Crippen LogP contribution in [0.15, 0.2) is 58.5 Å². The number of pyridine rings is 1. The lowest BCUT2D eigenvalue weighted by atomic mass is 10.0. The predicted octanol–water partition coefficient (Wildman–Crippen LogP) is 2.34. The molecule has 1 N–H and O–H groups in total. The first-order chi connectivity index (χ1) is 17.8. The van der Waals surface area contributed by atoms with E-state index >= 15 is 0 Å². The first-order valence-electron chi connectivity index (χ1n) is 12.2. The van der Waals surface area contributed by atoms with Gasteiger partial charge in [-0.3, -0.25) is 23.7 Å². The van der Waals surface area contributed by atoms with Gasteiger partial charge in [-0.15, -0.1) is 0 Å². The summed E-state index contributed by atoms with van der Waals surface area (Å²) < 4.78 is 2.22. The molecule has 0 saturated carbocycles. The highest BCUT2D eigenvalue weighted by atomic mass is 35.5. The van der Waals surface area contributed by atoms with E-state index in [9.17, 15) is 19.2 Å². The number of piperidine rings is 1. The lowest BCUT2D eigenvalue weighted by molar-refractivity contribution is -0.133. The fourth-order valence-electron chi connectivity index (χ4n) is 5.01. The summed E-state index contributed by atoms with van der Waals surface area (Å²) in [6.45, 7) is 1.38. The van der Waals surface area contributed by atoms with Crippen molar-refractivity contribution in [2.45, 2.75) is 31.8 Å². The van der Waals surface area contributed by atoms with Crippen molar-refractivity contribution in [3.8, 4) is 11.1 Å². The number of amides is 3. The third-order valence-corrected chi connectivity index (χ3v) is 7.28. The maximum absolute atomic E-state index is 13.1. The Labute approximate surface area is 218 Å². The number of nitrogens with zero attached hydrogens (tertiary/aromatic N) is 5. The number of anilines is 1. The number of carbonyl (C=O) groups excluding carboxylic acids is 2. The van der Waals surface area contributed by atoms with Crippen molar-refractivity contribution in [2.75, 3.05) is 25.0 Å². The lowest BCUT2D eigenvalue weighted by Crippen LogP contribution is -2.51. The molecule has 37 heavy (non-hydrogen) atoms. The molecule has 3 amide bonds. The Balaban J connectivity index is 1.26. The van der Waals surface area contributed by atoms with E-state index in [1.165, 1.54) is 30.2 Å². The highest BCUT2D eigenvalue weighted by Crippen LogP contribution is 2.24. The van der Waals surface area contributed by atoms with Gasteiger partial charge in [0.15, 0.2) is 0 Å². The topological polar surface area (TPSA) is 110 Å². The Morgan fingerprint density at radius 3 is 2.62 bits per heavy atom. The summed E-state index contributed by atoms with van der Waals surface area (Å²) in [5, 5.41) is 3.36. The zero-order valence-corrected chi connectivity index (χ0v) is 21.1. The minimum absolute atomic E-state index is 0.0283. The van der Waals surface area contributed by atoms with E-state index in [4.69, 9.17) is 11.6 Å². The van der Waals surface area contributed by atoms with Crippen LogP contribution in [0.5, 0.6) is 0 Å². The molecule has 5 rings (SSSR count). The SMILES string of the molecule is Cn1c(=O)c(-c2cncc(Cl)c2)cn(CC(=O)N2CCC(N3CCc4ccccc4NC3=O)CC2)c1=O. The molecule has 1 saturated heterocycles. The summed E-state index contributed by atoms with van der Waals surface area (Å²) in [6, 6.07) is 9.31. The fourth-order valence-corrected chi connectivity index (χ4v) is 5.18. The summed E-state index contributed by atoms with van der Waals surface area (Å²) in [6.07, 6.45) is 6.40. The van der Waals surface area contributed by atoms with Gasteiger partial charge < -0.3 is 15.1 Å². The Morgan fingerprint density at radius 2 is 1.86 bits per heavy atom. The Kier molecular flexibility index (Phi) is 6.84. The van der Waals surface area contributed by atoms with E-state index in [2.05, 4.69) is 10.3 Å². The number of urea groups is 1. The lowest BCUT2D eigenvalue weighted by Gasteiger charge is -2.38. The monoisotopic (exact) mass is 522 g/mol. The second-order valence-corrected chi connectivity index (χ2v) is 9.79. The molecule has 2 aliphatic heterocycles. The second kappa shape index (κ2) is 10.2. The number of likely N-dealkylation sites (tertiary alicyclic amines) is 1. The molecule has 10 nitrogen and oxygen atoms in total. The van der Waals surface area contributed by atoms with E-state index < -0.39 is 11.2 Å². The molecule has 0 spiro atoms. The molecule has 0 radical (unpaired) electrons. The normalized spacial score (nSPS) is 16.2. The van der Waals surface area contributed by atoms with Crippen LogP contribution in [0.2, 0.25) is 5.02 Å². The summed E-state index contributed by atoms with van der Waals surface area (Å²) in [5.41, 5.74) is 1.59. The molecule has 1 fully saturated rings. The van der Waals surface area contributed by atoms with Crippen LogP contribution >= 0.6 is 11.6 Å². The molecule has 11 heteroatoms. The van der Waals surface area contributed by atoms with Gasteiger partial charge >= 0.3 is 11.7 Å². The van der Waals surface area contributed by atoms with Crippen LogP contribution < -0.4 is 16.6 Å². The van der Waals surface area contributed by atoms with Crippen molar-refractivity contribution in [3.63, 3.8) is 0 Å². The van der Waals surface area contributed by atoms with Crippen molar-refractivity contribution >= 4 is 29.2 Å². The fraction of sp³-hybridized carbons (Fsp3) is 0.346. The zero-order valence-electron chi connectivity index (χ0n) is 20.4. The molecular formula is C26H27ClN6O4. The molecule has 0 unspecified atom stereocenters. The average molecular weight is 523 g/mol. The summed E-state index contributed by atoms with van der Waals surface area (Å²) >= 11 is 6.02. The first kappa shape index (κ1) is 24.8. The quantitative estimate of drug-likeness (QED) is 0.565. The highest BCUT2D eigenvalue weighted by Gasteiger charge is 2.31. The third-order valence-electron chi connectivity index (χ3n) is 7.07. The van der Waals surface area contributed by atoms with Crippen LogP contribution in [-0.2, 0) is 24.8 Å². The van der Waals surface area contributed by atoms with Crippen molar-refractivity contribution in [1.29, 1.82) is 0 Å². The Bertz CT molecular complexity index is 1470. The molecule has 192 valence electrons. The maximum Gasteiger partial charge on any atom is 0.331 e. The summed E-state index contributed by atoms with van der Waals surface area (Å²) in [5.74, 6) is -0.220. The average Bonchev–Trinajstić information content (AvgIpc) is 3.07. The molecule has 1 aromatic carbocycles. The van der Waals surface area contributed by atoms with E-state index in [1.807, 2.05) is 29.2 Å². The van der Waals surface area contributed by atoms with Gasteiger partial charge in [0.25, 0.3) is 5.56 Å². The number of halogens is 1. The third kappa shape index (κ3) is 5.01. The van der Waals surface area contributed by atoms with Crippen molar-refractivity contribution in [1.82, 2.24) is 23.9 Å². The molecular weight excluding hydrogens is 496 g/mol. The van der Waals surface area contributed by atoms with Gasteiger partial charge in [0.05, 0.1) is 10.6 Å². The zero-order chi connectivity index (χ0) is 26.1. The number of nitrogens with one attached hydrogen (secondary N) is 1. The number of carbonyl (C=O) groups is 2. The molecule has 2 aliphatic rings. The molecule has 0 bridgehead atoms. The Morgan fingerprint density at radius 1 is 1.11 bits per heavy atom. The van der Waals surface area contributed by atoms with Crippen LogP contribution in [0.3, 0.4) is 0 Å². The minimum Gasteiger partial charge on any atom is -0.341 e. The molecule has 3 aromatic rings. The van der Waals surface area contributed by atoms with Gasteiger partial charge in [-0.2, -0.15) is 0 Å². The van der Waals surface area contributed by atoms with Gasteiger partial charge in [0, 0.05) is 62.6 Å². The number of benzene rings is 1. The van der Waals surface area contributed by atoms with Crippen LogP contribution in [-0.4, -0.2) is 61.5 Å². The van der Waals surface area contributed by atoms with Crippen LogP contribution in [0, 0.1) is 0 Å². The predicted molar refractivity (Wildman–Crippen MR) is 140 cm³/mol. The maximum atomic E-state index is 13.1. The van der Waals surface area contributed by atoms with Crippen LogP contribution in [0.25, 0.3) is 11.1 Å². The van der Waals surface area contributed by atoms with Gasteiger partial charge in [0.2, 0.25) is 5.91 Å². The Hall–Kier alpha value is -3.92. The molecule has 0 atom stereocenters. The highest BCUT2D eigenvalue weighted by molar-refractivity contribution is 6.30. The number of para-hydroxylation sites is 1. The number of rotatable bonds is 4. The van der Waals surface area contributed by atoms with Gasteiger partial charge in [-0.25, -0.2) is 9.59 Å². The standard InChI is InChI=1S/C26H27ClN6O4/c1-30-24(35)21(18-12-19(27)14-28-13-18)15-32(26(30)37)16-23(34)31-9-7-20(8-10-31)33-11-6-17-4-2-3-5-22(17)29-25(33)36/h2-5,12-15,20H,6-11,16H2,1H3,(H,29,36). The number of hydrogen-bond acceptors (Lipinski definition) is 5. The molecule has 2 aromatic heterocycles. The minimum atomic E-state index is -0.576. The summed E-state index contributed by atoms with van der Waals surface area (Å²) in [7, 11) is 1.38. The number of aromatic nitrogens is 3. The number of fused-ring (bicyclic) bond motifs is 1. The van der Waals surface area contributed by atoms with E-state index in [-0.39, 0.29) is 30.1 Å². The van der Waals surface area contributed by atoms with Crippen molar-refractivity contribution in [3.05, 3.63) is 80.3 Å². The largest absolute Gasteiger partial charge is 0.341 e. The van der Waals surface area contributed by atoms with Crippen LogP contribution in [0.4, 0.5) is 10.5 Å². The van der Waals surface area contributed by atoms with Gasteiger partial charge in [0.1, 0.15) is 6.54 Å². The van der Waals surface area contributed by atoms with Gasteiger partial charge in [-0.1, -0.05) is 29.8 Å². The first-order valence-corrected chi connectivity index (χ1v) is 12.5. The van der Waals surface area contributed by atoms with E-state index in [1.54, 1.807) is 11.0 Å². The summed E-state index contributed by atoms with van der Waals surface area (Å²) in [4.78, 5) is 59.0. The van der Waals surface area contributed by atoms with Gasteiger partial charge in [-0.05, 0) is 37.0 Å². The van der Waals surface area contributed by atoms with Crippen molar-refractivity contribution < 1.29 is 9.59 Å². The smallest absolute Gasteiger partial charge is 0.331 e. The van der Waals surface area contributed by atoms with Crippen molar-refractivity contribution in [2.24, 2.45) is 7.05 Å². The molecule has 4 heterocycles. The van der Waals surface area contributed by atoms with E-state index in [0.29, 0.717) is 43.1 Å². The molecule has 0 aliphatic carbocycles. The van der Waals surface area contributed by atoms with Crippen LogP contribution in [0.1, 0.15) is 18.4 Å². The van der Waals surface area contributed by atoms with E-state index in [0.717, 1.165) is 22.2 Å². The second-order valence-electron chi connectivity index (χ2n) is 9.35.